The van der Waals surface area contributed by atoms with Crippen molar-refractivity contribution >= 4 is 17.7 Å². The largest absolute Gasteiger partial charge is 0.504 e. The molecule has 2 N–H and O–H groups in total. The van der Waals surface area contributed by atoms with Gasteiger partial charge in [0.15, 0.2) is 17.3 Å². The fourth-order valence-electron chi connectivity index (χ4n) is 5.03. The van der Waals surface area contributed by atoms with Crippen molar-refractivity contribution in [2.24, 2.45) is 0 Å². The SMILES string of the molecule is O=C1CCC2=C1C(O)OC1=C2[C@@]2(Cc3ccc(cc3)Oc3cc(ccc3O)CCOC2=O)OC1=O. The normalized spacial score (nSPS) is 25.5. The van der Waals surface area contributed by atoms with Crippen molar-refractivity contribution in [3.8, 4) is 17.2 Å². The Hall–Kier alpha value is -4.11. The second kappa shape index (κ2) is 7.71. The first-order chi connectivity index (χ1) is 16.9. The highest BCUT2D eigenvalue weighted by molar-refractivity contribution is 6.06. The average molecular weight is 476 g/mol. The number of phenols is 1. The lowest BCUT2D eigenvalue weighted by Gasteiger charge is -2.31. The number of rotatable bonds is 0. The number of benzene rings is 2. The third-order valence-electron chi connectivity index (χ3n) is 6.67. The zero-order chi connectivity index (χ0) is 24.3. The van der Waals surface area contributed by atoms with Crippen LogP contribution in [0.4, 0.5) is 0 Å². The van der Waals surface area contributed by atoms with E-state index in [-0.39, 0.29) is 60.1 Å². The lowest BCUT2D eigenvalue weighted by atomic mass is 9.81. The molecule has 4 bridgehead atoms. The van der Waals surface area contributed by atoms with Gasteiger partial charge in [0, 0.05) is 19.3 Å². The number of Topliss-reactive ketones (excluding diaryl/α,β-unsaturated/α-hetero) is 1. The molecule has 7 rings (SSSR count). The van der Waals surface area contributed by atoms with Gasteiger partial charge in [0.05, 0.1) is 17.8 Å². The molecular formula is C26H20O9. The highest BCUT2D eigenvalue weighted by Gasteiger charge is 2.60. The smallest absolute Gasteiger partial charge is 0.375 e. The number of hydrogen-bond donors (Lipinski definition) is 2. The fraction of sp³-hybridized carbons (Fsp3) is 0.269. The van der Waals surface area contributed by atoms with E-state index >= 15 is 0 Å². The van der Waals surface area contributed by atoms with E-state index < -0.39 is 23.8 Å². The van der Waals surface area contributed by atoms with E-state index in [0.717, 1.165) is 5.56 Å². The predicted octanol–water partition coefficient (Wildman–Crippen LogP) is 2.38. The van der Waals surface area contributed by atoms with Crippen LogP contribution in [0, 0.1) is 0 Å². The van der Waals surface area contributed by atoms with Gasteiger partial charge in [-0.1, -0.05) is 18.2 Å². The maximum absolute atomic E-state index is 13.6. The minimum atomic E-state index is -1.87. The molecule has 0 saturated heterocycles. The Labute approximate surface area is 199 Å². The van der Waals surface area contributed by atoms with Crippen LogP contribution in [0.3, 0.4) is 0 Å². The van der Waals surface area contributed by atoms with Gasteiger partial charge in [-0.05, 0) is 47.4 Å². The molecule has 0 radical (unpaired) electrons. The molecule has 1 spiro atoms. The maximum atomic E-state index is 13.6. The molecule has 0 amide bonds. The molecule has 0 saturated carbocycles. The number of carbonyl (C=O) groups is 3. The second-order valence-corrected chi connectivity index (χ2v) is 8.82. The van der Waals surface area contributed by atoms with Crippen molar-refractivity contribution in [3.63, 3.8) is 0 Å². The van der Waals surface area contributed by atoms with E-state index in [0.29, 0.717) is 23.3 Å². The number of hydrogen-bond acceptors (Lipinski definition) is 9. The van der Waals surface area contributed by atoms with E-state index in [2.05, 4.69) is 0 Å². The van der Waals surface area contributed by atoms with Crippen molar-refractivity contribution in [2.45, 2.75) is 37.6 Å². The Balaban J connectivity index is 1.47. The topological polar surface area (TPSA) is 129 Å². The zero-order valence-electron chi connectivity index (χ0n) is 18.4. The van der Waals surface area contributed by atoms with Gasteiger partial charge in [-0.15, -0.1) is 0 Å². The highest BCUT2D eigenvalue weighted by atomic mass is 16.7. The number of esters is 2. The van der Waals surface area contributed by atoms with Crippen molar-refractivity contribution < 1.29 is 43.5 Å². The third kappa shape index (κ3) is 3.30. The van der Waals surface area contributed by atoms with Crippen LogP contribution in [0.5, 0.6) is 17.2 Å². The summed E-state index contributed by atoms with van der Waals surface area (Å²) in [6.45, 7) is -0.0309. The van der Waals surface area contributed by atoms with Crippen LogP contribution in [-0.4, -0.2) is 46.4 Å². The van der Waals surface area contributed by atoms with Crippen LogP contribution in [0.25, 0.3) is 0 Å². The first-order valence-corrected chi connectivity index (χ1v) is 11.2. The quantitative estimate of drug-likeness (QED) is 0.551. The molecule has 2 aromatic rings. The van der Waals surface area contributed by atoms with Gasteiger partial charge in [0.1, 0.15) is 5.75 Å². The Kier molecular flexibility index (Phi) is 4.72. The van der Waals surface area contributed by atoms with E-state index in [4.69, 9.17) is 18.9 Å². The van der Waals surface area contributed by atoms with Crippen LogP contribution >= 0.6 is 0 Å². The van der Waals surface area contributed by atoms with Crippen LogP contribution in [0.15, 0.2) is 64.9 Å². The van der Waals surface area contributed by atoms with Crippen molar-refractivity contribution in [2.75, 3.05) is 6.61 Å². The summed E-state index contributed by atoms with van der Waals surface area (Å²) in [6.07, 6.45) is -0.954. The number of ether oxygens (including phenoxy) is 4. The lowest BCUT2D eigenvalue weighted by Crippen LogP contribution is -2.46. The van der Waals surface area contributed by atoms with Gasteiger partial charge in [-0.25, -0.2) is 9.59 Å². The zero-order valence-corrected chi connectivity index (χ0v) is 18.4. The number of aromatic hydroxyl groups is 1. The summed E-state index contributed by atoms with van der Waals surface area (Å²) < 4.78 is 22.5. The number of carbonyl (C=O) groups excluding carboxylic acids is 3. The number of aliphatic hydroxyl groups is 1. The predicted molar refractivity (Wildman–Crippen MR) is 117 cm³/mol. The highest BCUT2D eigenvalue weighted by Crippen LogP contribution is 2.49. The number of ketones is 1. The van der Waals surface area contributed by atoms with Gasteiger partial charge in [-0.3, -0.25) is 4.79 Å². The summed E-state index contributed by atoms with van der Waals surface area (Å²) >= 11 is 0. The van der Waals surface area contributed by atoms with E-state index in [1.165, 1.54) is 6.07 Å². The third-order valence-corrected chi connectivity index (χ3v) is 6.67. The summed E-state index contributed by atoms with van der Waals surface area (Å²) in [5.41, 5.74) is 0.114. The average Bonchev–Trinajstić information content (AvgIpc) is 3.35. The van der Waals surface area contributed by atoms with E-state index in [1.54, 1.807) is 36.4 Å². The Morgan fingerprint density at radius 3 is 2.51 bits per heavy atom. The lowest BCUT2D eigenvalue weighted by molar-refractivity contribution is -0.173. The molecule has 0 fully saturated rings. The van der Waals surface area contributed by atoms with Crippen molar-refractivity contribution in [1.29, 1.82) is 0 Å². The molecule has 4 heterocycles. The molecule has 35 heavy (non-hydrogen) atoms. The molecular weight excluding hydrogens is 456 g/mol. The van der Waals surface area contributed by atoms with Gasteiger partial charge in [-0.2, -0.15) is 0 Å². The molecule has 9 heteroatoms. The Morgan fingerprint density at radius 1 is 0.943 bits per heavy atom. The Bertz CT molecular complexity index is 1350. The summed E-state index contributed by atoms with van der Waals surface area (Å²) in [5, 5.41) is 20.5. The molecule has 0 aromatic heterocycles. The standard InChI is InChI=1S/C26H20O9/c27-17-7-3-13-9-10-32-25(31)26(12-14-1-4-15(5-2-14)33-19(17)11-13)21-16-6-8-18(28)20(16)23(29)34-22(21)24(30)35-26/h1-5,7,11,23,27,29H,6,8-10,12H2/t23?,26-/m1/s1. The minimum Gasteiger partial charge on any atom is -0.504 e. The molecule has 5 aliphatic rings. The maximum Gasteiger partial charge on any atom is 0.375 e. The molecule has 1 unspecified atom stereocenters. The molecule has 2 atom stereocenters. The first-order valence-electron chi connectivity index (χ1n) is 11.2. The van der Waals surface area contributed by atoms with Gasteiger partial charge >= 0.3 is 11.9 Å². The first kappa shape index (κ1) is 21.4. The fourth-order valence-corrected chi connectivity index (χ4v) is 5.03. The minimum absolute atomic E-state index is 0.0205. The molecule has 2 aromatic carbocycles. The summed E-state index contributed by atoms with van der Waals surface area (Å²) in [4.78, 5) is 38.9. The van der Waals surface area contributed by atoms with Crippen molar-refractivity contribution in [1.82, 2.24) is 0 Å². The van der Waals surface area contributed by atoms with E-state index in [9.17, 15) is 24.6 Å². The summed E-state index contributed by atoms with van der Waals surface area (Å²) in [5.74, 6) is -1.54. The Morgan fingerprint density at radius 2 is 1.71 bits per heavy atom. The van der Waals surface area contributed by atoms with Crippen molar-refractivity contribution in [3.05, 3.63) is 76.1 Å². The van der Waals surface area contributed by atoms with Gasteiger partial charge in [0.25, 0.3) is 0 Å². The molecule has 9 nitrogen and oxygen atoms in total. The van der Waals surface area contributed by atoms with Crippen LogP contribution in [0.2, 0.25) is 0 Å². The van der Waals surface area contributed by atoms with Crippen LogP contribution < -0.4 is 4.74 Å². The van der Waals surface area contributed by atoms with Gasteiger partial charge in [0.2, 0.25) is 17.7 Å². The monoisotopic (exact) mass is 476 g/mol. The molecule has 1 aliphatic carbocycles. The summed E-state index contributed by atoms with van der Waals surface area (Å²) in [7, 11) is 0. The molecule has 4 aliphatic heterocycles. The number of aliphatic hydroxyl groups excluding tert-OH is 1. The van der Waals surface area contributed by atoms with Crippen LogP contribution in [-0.2, 0) is 41.4 Å². The number of phenolic OH excluding ortho intramolecular Hbond substituents is 1. The molecule has 178 valence electrons. The summed E-state index contributed by atoms with van der Waals surface area (Å²) in [6, 6.07) is 11.6. The van der Waals surface area contributed by atoms with Gasteiger partial charge < -0.3 is 29.2 Å². The van der Waals surface area contributed by atoms with E-state index in [1.807, 2.05) is 0 Å². The second-order valence-electron chi connectivity index (χ2n) is 8.82. The number of fused-ring (bicyclic) bond motifs is 6. The van der Waals surface area contributed by atoms with Crippen LogP contribution in [0.1, 0.15) is 24.0 Å².